The Balaban J connectivity index is 1.46. The van der Waals surface area contributed by atoms with Crippen molar-refractivity contribution >= 4 is 29.3 Å². The molecular weight excluding hydrogens is 456 g/mol. The van der Waals surface area contributed by atoms with Crippen LogP contribution in [0.5, 0.6) is 0 Å². The highest BCUT2D eigenvalue weighted by Crippen LogP contribution is 2.48. The van der Waals surface area contributed by atoms with Crippen LogP contribution in [-0.4, -0.2) is 28.7 Å². The molecule has 0 aliphatic heterocycles. The number of aliphatic carboxylic acids is 1. The van der Waals surface area contributed by atoms with E-state index in [4.69, 9.17) is 10.6 Å². The summed E-state index contributed by atoms with van der Waals surface area (Å²) in [5.41, 5.74) is 3.83. The smallest absolute Gasteiger partial charge is 0.413 e. The first-order valence-corrected chi connectivity index (χ1v) is 11.6. The lowest BCUT2D eigenvalue weighted by Crippen LogP contribution is -2.36. The van der Waals surface area contributed by atoms with Crippen LogP contribution < -0.4 is 11.2 Å². The number of nitrogens with zero attached hydrogens (tertiary/aromatic N) is 2. The van der Waals surface area contributed by atoms with E-state index in [1.54, 1.807) is 13.8 Å². The van der Waals surface area contributed by atoms with Crippen LogP contribution in [0.25, 0.3) is 11.1 Å². The Morgan fingerprint density at radius 2 is 1.56 bits per heavy atom. The van der Waals surface area contributed by atoms with Gasteiger partial charge in [0, 0.05) is 0 Å². The Kier molecular flexibility index (Phi) is 7.15. The fourth-order valence-corrected chi connectivity index (χ4v) is 3.93. The highest BCUT2D eigenvalue weighted by molar-refractivity contribution is 6.43. The first-order chi connectivity index (χ1) is 17.3. The number of nitrogens with two attached hydrogens (primary N) is 1. The SMILES string of the molecule is C/C(=N/N)C(=Nc1ccc(-c2ccc(C3(C(=O)O)CC3)cc2)cc1)NC(=O)O[C@H](C)c1ccccc1. The zero-order chi connectivity index (χ0) is 25.7. The first-order valence-electron chi connectivity index (χ1n) is 11.6. The normalized spacial score (nSPS) is 15.6. The molecule has 8 heteroatoms. The van der Waals surface area contributed by atoms with Crippen molar-refractivity contribution in [3.8, 4) is 11.1 Å². The molecule has 3 aromatic rings. The Hall–Kier alpha value is -4.46. The van der Waals surface area contributed by atoms with Crippen LogP contribution in [0.3, 0.4) is 0 Å². The number of amides is 1. The van der Waals surface area contributed by atoms with Gasteiger partial charge >= 0.3 is 12.1 Å². The average molecular weight is 485 g/mol. The summed E-state index contributed by atoms with van der Waals surface area (Å²) in [4.78, 5) is 28.5. The molecule has 1 fully saturated rings. The van der Waals surface area contributed by atoms with E-state index in [-0.39, 0.29) is 5.84 Å². The fourth-order valence-electron chi connectivity index (χ4n) is 3.93. The molecule has 1 saturated carbocycles. The minimum atomic E-state index is -0.767. The highest BCUT2D eigenvalue weighted by atomic mass is 16.6. The lowest BCUT2D eigenvalue weighted by atomic mass is 9.94. The van der Waals surface area contributed by atoms with Crippen molar-refractivity contribution in [2.75, 3.05) is 0 Å². The van der Waals surface area contributed by atoms with Gasteiger partial charge in [-0.2, -0.15) is 5.10 Å². The van der Waals surface area contributed by atoms with Crippen molar-refractivity contribution in [1.82, 2.24) is 5.32 Å². The molecule has 8 nitrogen and oxygen atoms in total. The third-order valence-corrected chi connectivity index (χ3v) is 6.35. The first kappa shape index (κ1) is 24.7. The van der Waals surface area contributed by atoms with Gasteiger partial charge in [-0.25, -0.2) is 9.79 Å². The van der Waals surface area contributed by atoms with Crippen molar-refractivity contribution < 1.29 is 19.4 Å². The number of amidine groups is 1. The Bertz CT molecular complexity index is 1300. The number of carboxylic acids is 1. The van der Waals surface area contributed by atoms with Crippen molar-refractivity contribution in [1.29, 1.82) is 0 Å². The molecule has 0 spiro atoms. The van der Waals surface area contributed by atoms with Gasteiger partial charge in [0.05, 0.1) is 16.8 Å². The van der Waals surface area contributed by atoms with Gasteiger partial charge in [0.15, 0.2) is 5.84 Å². The van der Waals surface area contributed by atoms with Gasteiger partial charge in [-0.1, -0.05) is 66.7 Å². The van der Waals surface area contributed by atoms with Gasteiger partial charge in [-0.3, -0.25) is 10.1 Å². The molecule has 4 N–H and O–H groups in total. The van der Waals surface area contributed by atoms with Crippen molar-refractivity contribution in [3.63, 3.8) is 0 Å². The number of carbonyl (C=O) groups is 2. The maximum Gasteiger partial charge on any atom is 0.413 e. The zero-order valence-corrected chi connectivity index (χ0v) is 20.1. The summed E-state index contributed by atoms with van der Waals surface area (Å²) >= 11 is 0. The van der Waals surface area contributed by atoms with Crippen LogP contribution in [0.15, 0.2) is 89.0 Å². The average Bonchev–Trinajstić information content (AvgIpc) is 3.71. The summed E-state index contributed by atoms with van der Waals surface area (Å²) in [7, 11) is 0. The summed E-state index contributed by atoms with van der Waals surface area (Å²) in [6.45, 7) is 3.42. The van der Waals surface area contributed by atoms with Gasteiger partial charge in [0.25, 0.3) is 0 Å². The Morgan fingerprint density at radius 1 is 0.972 bits per heavy atom. The monoisotopic (exact) mass is 484 g/mol. The number of carboxylic acid groups (broad SMARTS) is 1. The number of hydrogen-bond donors (Lipinski definition) is 3. The van der Waals surface area contributed by atoms with Crippen LogP contribution >= 0.6 is 0 Å². The quantitative estimate of drug-likeness (QED) is 0.181. The molecule has 0 bridgehead atoms. The summed E-state index contributed by atoms with van der Waals surface area (Å²) in [5.74, 6) is 4.86. The minimum Gasteiger partial charge on any atom is -0.481 e. The van der Waals surface area contributed by atoms with E-state index in [1.165, 1.54) is 0 Å². The second-order valence-corrected chi connectivity index (χ2v) is 8.77. The maximum absolute atomic E-state index is 12.5. The molecule has 184 valence electrons. The highest BCUT2D eigenvalue weighted by Gasteiger charge is 2.51. The number of hydrazone groups is 1. The predicted octanol–water partition coefficient (Wildman–Crippen LogP) is 5.32. The van der Waals surface area contributed by atoms with E-state index >= 15 is 0 Å². The summed E-state index contributed by atoms with van der Waals surface area (Å²) in [6, 6.07) is 24.5. The zero-order valence-electron chi connectivity index (χ0n) is 20.1. The second kappa shape index (κ2) is 10.4. The van der Waals surface area contributed by atoms with Gasteiger partial charge < -0.3 is 15.7 Å². The van der Waals surface area contributed by atoms with E-state index in [0.29, 0.717) is 24.2 Å². The lowest BCUT2D eigenvalue weighted by Gasteiger charge is -2.15. The summed E-state index contributed by atoms with van der Waals surface area (Å²) in [6.07, 6.45) is 0.238. The van der Waals surface area contributed by atoms with Crippen molar-refractivity contribution in [2.24, 2.45) is 15.9 Å². The van der Waals surface area contributed by atoms with E-state index in [9.17, 15) is 14.7 Å². The van der Waals surface area contributed by atoms with Crippen LogP contribution in [0.4, 0.5) is 10.5 Å². The molecule has 0 heterocycles. The maximum atomic E-state index is 12.5. The number of hydrogen-bond acceptors (Lipinski definition) is 6. The second-order valence-electron chi connectivity index (χ2n) is 8.77. The van der Waals surface area contributed by atoms with Crippen LogP contribution in [0.1, 0.15) is 43.9 Å². The number of rotatable bonds is 7. The predicted molar refractivity (Wildman–Crippen MR) is 139 cm³/mol. The lowest BCUT2D eigenvalue weighted by molar-refractivity contribution is -0.140. The Morgan fingerprint density at radius 3 is 2.08 bits per heavy atom. The molecule has 1 amide bonds. The number of aliphatic imine (C=N–C) groups is 1. The molecule has 36 heavy (non-hydrogen) atoms. The summed E-state index contributed by atoms with van der Waals surface area (Å²) < 4.78 is 5.47. The number of carbonyl (C=O) groups excluding carboxylic acids is 1. The Labute approximate surface area is 209 Å². The molecule has 4 rings (SSSR count). The van der Waals surface area contributed by atoms with Gasteiger partial charge in [-0.15, -0.1) is 0 Å². The molecule has 1 atom stereocenters. The molecule has 1 aliphatic rings. The van der Waals surface area contributed by atoms with E-state index in [1.807, 2.05) is 78.9 Å². The molecule has 0 radical (unpaired) electrons. The number of benzene rings is 3. The van der Waals surface area contributed by atoms with Crippen molar-refractivity contribution in [3.05, 3.63) is 90.0 Å². The molecule has 0 unspecified atom stereocenters. The van der Waals surface area contributed by atoms with Gasteiger partial charge in [0.1, 0.15) is 6.10 Å². The van der Waals surface area contributed by atoms with E-state index in [0.717, 1.165) is 22.3 Å². The molecule has 0 aromatic heterocycles. The molecular formula is C28H28N4O4. The third kappa shape index (κ3) is 5.43. The van der Waals surface area contributed by atoms with Gasteiger partial charge in [-0.05, 0) is 61.1 Å². The largest absolute Gasteiger partial charge is 0.481 e. The molecule has 3 aromatic carbocycles. The minimum absolute atomic E-state index is 0.184. The number of ether oxygens (including phenoxy) is 1. The molecule has 0 saturated heterocycles. The molecule has 1 aliphatic carbocycles. The fraction of sp³-hybridized carbons (Fsp3) is 0.214. The van der Waals surface area contributed by atoms with Crippen LogP contribution in [0, 0.1) is 0 Å². The van der Waals surface area contributed by atoms with E-state index < -0.39 is 23.6 Å². The van der Waals surface area contributed by atoms with Crippen LogP contribution in [0.2, 0.25) is 0 Å². The van der Waals surface area contributed by atoms with Gasteiger partial charge in [0.2, 0.25) is 0 Å². The topological polar surface area (TPSA) is 126 Å². The summed E-state index contributed by atoms with van der Waals surface area (Å²) in [5, 5.41) is 15.8. The number of nitrogens with one attached hydrogen (secondary N) is 1. The van der Waals surface area contributed by atoms with Crippen molar-refractivity contribution in [2.45, 2.75) is 38.2 Å². The standard InChI is InChI=1S/C28H28N4O4/c1-18(32-29)25(31-27(35)36-19(2)20-6-4-3-5-7-20)30-24-14-10-22(11-15-24)21-8-12-23(13-9-21)28(16-17-28)26(33)34/h3-15,19H,16-17,29H2,1-2H3,(H,33,34)(H,30,31,35)/b32-18-/t19-/m1/s1. The van der Waals surface area contributed by atoms with E-state index in [2.05, 4.69) is 15.4 Å². The number of alkyl carbamates (subject to hydrolysis) is 1. The third-order valence-electron chi connectivity index (χ3n) is 6.35. The van der Waals surface area contributed by atoms with Crippen LogP contribution in [-0.2, 0) is 14.9 Å².